The predicted octanol–water partition coefficient (Wildman–Crippen LogP) is 0.317. The van der Waals surface area contributed by atoms with Crippen LogP contribution in [0.15, 0.2) is 18.6 Å². The Morgan fingerprint density at radius 1 is 1.44 bits per heavy atom. The van der Waals surface area contributed by atoms with Crippen LogP contribution in [0.3, 0.4) is 0 Å². The smallest absolute Gasteiger partial charge is 0.226 e. The van der Waals surface area contributed by atoms with E-state index < -0.39 is 11.3 Å². The number of hydrogen-bond donors (Lipinski definition) is 2. The lowest BCUT2D eigenvalue weighted by Crippen LogP contribution is -2.35. The first kappa shape index (κ1) is 12.1. The zero-order valence-electron chi connectivity index (χ0n) is 9.23. The molecule has 0 bridgehead atoms. The fraction of sp³-hybridized carbons (Fsp3) is 0.400. The quantitative estimate of drug-likeness (QED) is 0.766. The topological polar surface area (TPSA) is 98.0 Å². The molecule has 1 rings (SSSR count). The van der Waals surface area contributed by atoms with Gasteiger partial charge in [-0.3, -0.25) is 14.6 Å². The third-order valence-electron chi connectivity index (χ3n) is 2.10. The number of aromatic nitrogens is 2. The van der Waals surface area contributed by atoms with Gasteiger partial charge in [0.05, 0.1) is 11.6 Å². The van der Waals surface area contributed by atoms with Gasteiger partial charge in [-0.1, -0.05) is 13.8 Å². The number of nitrogens with two attached hydrogens (primary N) is 1. The van der Waals surface area contributed by atoms with E-state index in [2.05, 4.69) is 15.3 Å². The van der Waals surface area contributed by atoms with Crippen LogP contribution in [0, 0.1) is 5.41 Å². The fourth-order valence-electron chi connectivity index (χ4n) is 1.04. The molecule has 1 aromatic heterocycles. The minimum atomic E-state index is -0.869. The monoisotopic (exact) mass is 222 g/mol. The van der Waals surface area contributed by atoms with E-state index in [9.17, 15) is 9.59 Å². The van der Waals surface area contributed by atoms with E-state index in [1.807, 2.05) is 0 Å². The van der Waals surface area contributed by atoms with Gasteiger partial charge in [-0.05, 0) is 0 Å². The van der Waals surface area contributed by atoms with Crippen molar-refractivity contribution >= 4 is 17.6 Å². The Kier molecular flexibility index (Phi) is 3.55. The van der Waals surface area contributed by atoms with Gasteiger partial charge in [0.1, 0.15) is 0 Å². The minimum Gasteiger partial charge on any atom is -0.369 e. The molecule has 0 unspecified atom stereocenters. The lowest BCUT2D eigenvalue weighted by atomic mass is 9.88. The van der Waals surface area contributed by atoms with Crippen molar-refractivity contribution in [2.45, 2.75) is 20.3 Å². The summed E-state index contributed by atoms with van der Waals surface area (Å²) in [5.74, 6) is -0.473. The SMILES string of the molecule is CC(C)(CC(=O)Nc1cnccn1)C(N)=O. The molecule has 0 spiro atoms. The predicted molar refractivity (Wildman–Crippen MR) is 58.3 cm³/mol. The normalized spacial score (nSPS) is 10.9. The lowest BCUT2D eigenvalue weighted by Gasteiger charge is -2.19. The summed E-state index contributed by atoms with van der Waals surface area (Å²) in [7, 11) is 0. The summed E-state index contributed by atoms with van der Waals surface area (Å²) in [6.07, 6.45) is 4.41. The molecule has 0 aliphatic rings. The van der Waals surface area contributed by atoms with Gasteiger partial charge in [0.2, 0.25) is 11.8 Å². The van der Waals surface area contributed by atoms with Gasteiger partial charge in [-0.2, -0.15) is 0 Å². The third kappa shape index (κ3) is 3.30. The fourth-order valence-corrected chi connectivity index (χ4v) is 1.04. The molecule has 0 aromatic carbocycles. The van der Waals surface area contributed by atoms with Crippen molar-refractivity contribution in [2.24, 2.45) is 11.1 Å². The zero-order valence-corrected chi connectivity index (χ0v) is 9.23. The molecule has 16 heavy (non-hydrogen) atoms. The molecular weight excluding hydrogens is 208 g/mol. The van der Waals surface area contributed by atoms with E-state index >= 15 is 0 Å². The maximum atomic E-state index is 11.5. The van der Waals surface area contributed by atoms with Crippen molar-refractivity contribution in [3.8, 4) is 0 Å². The molecule has 3 N–H and O–H groups in total. The van der Waals surface area contributed by atoms with Crippen LogP contribution in [-0.2, 0) is 9.59 Å². The van der Waals surface area contributed by atoms with Crippen LogP contribution < -0.4 is 11.1 Å². The van der Waals surface area contributed by atoms with Crippen LogP contribution in [0.2, 0.25) is 0 Å². The van der Waals surface area contributed by atoms with Crippen molar-refractivity contribution in [1.82, 2.24) is 9.97 Å². The Hall–Kier alpha value is -1.98. The van der Waals surface area contributed by atoms with Crippen molar-refractivity contribution < 1.29 is 9.59 Å². The number of amides is 2. The Morgan fingerprint density at radius 3 is 2.62 bits per heavy atom. The average molecular weight is 222 g/mol. The Bertz CT molecular complexity index is 389. The molecule has 0 atom stereocenters. The highest BCUT2D eigenvalue weighted by molar-refractivity contribution is 5.94. The maximum Gasteiger partial charge on any atom is 0.226 e. The van der Waals surface area contributed by atoms with Crippen molar-refractivity contribution in [3.63, 3.8) is 0 Å². The van der Waals surface area contributed by atoms with Crippen LogP contribution >= 0.6 is 0 Å². The van der Waals surface area contributed by atoms with E-state index in [0.717, 1.165) is 0 Å². The first-order valence-corrected chi connectivity index (χ1v) is 4.77. The second kappa shape index (κ2) is 4.69. The molecule has 1 aromatic rings. The van der Waals surface area contributed by atoms with E-state index in [4.69, 9.17) is 5.73 Å². The van der Waals surface area contributed by atoms with Gasteiger partial charge in [0.25, 0.3) is 0 Å². The third-order valence-corrected chi connectivity index (χ3v) is 2.10. The summed E-state index contributed by atoms with van der Waals surface area (Å²) in [5, 5.41) is 2.53. The van der Waals surface area contributed by atoms with Gasteiger partial charge >= 0.3 is 0 Å². The molecular formula is C10H14N4O2. The number of nitrogens with one attached hydrogen (secondary N) is 1. The Labute approximate surface area is 93.3 Å². The summed E-state index contributed by atoms with van der Waals surface area (Å²) in [4.78, 5) is 30.3. The molecule has 1 heterocycles. The number of primary amides is 1. The van der Waals surface area contributed by atoms with Gasteiger partial charge < -0.3 is 11.1 Å². The van der Waals surface area contributed by atoms with Crippen molar-refractivity contribution in [3.05, 3.63) is 18.6 Å². The number of carbonyl (C=O) groups is 2. The van der Waals surface area contributed by atoms with Crippen LogP contribution in [0.4, 0.5) is 5.82 Å². The molecule has 0 aliphatic carbocycles. The molecule has 86 valence electrons. The number of rotatable bonds is 4. The van der Waals surface area contributed by atoms with E-state index in [1.54, 1.807) is 13.8 Å². The molecule has 0 saturated heterocycles. The minimum absolute atomic E-state index is 0.0128. The maximum absolute atomic E-state index is 11.5. The summed E-state index contributed by atoms with van der Waals surface area (Å²) in [6.45, 7) is 3.23. The molecule has 6 nitrogen and oxygen atoms in total. The van der Waals surface area contributed by atoms with Gasteiger partial charge in [-0.25, -0.2) is 4.98 Å². The number of anilines is 1. The molecule has 0 fully saturated rings. The summed E-state index contributed by atoms with van der Waals surface area (Å²) < 4.78 is 0. The van der Waals surface area contributed by atoms with Crippen LogP contribution in [-0.4, -0.2) is 21.8 Å². The molecule has 0 aliphatic heterocycles. The van der Waals surface area contributed by atoms with Gasteiger partial charge in [-0.15, -0.1) is 0 Å². The Balaban J connectivity index is 2.58. The average Bonchev–Trinajstić information content (AvgIpc) is 2.17. The van der Waals surface area contributed by atoms with E-state index in [-0.39, 0.29) is 12.3 Å². The van der Waals surface area contributed by atoms with Gasteiger partial charge in [0.15, 0.2) is 5.82 Å². The highest BCUT2D eigenvalue weighted by Crippen LogP contribution is 2.19. The van der Waals surface area contributed by atoms with Crippen LogP contribution in [0.25, 0.3) is 0 Å². The van der Waals surface area contributed by atoms with E-state index in [0.29, 0.717) is 5.82 Å². The second-order valence-electron chi connectivity index (χ2n) is 4.06. The zero-order chi connectivity index (χ0) is 12.2. The molecule has 2 amide bonds. The highest BCUT2D eigenvalue weighted by atomic mass is 16.2. The molecule has 0 saturated carbocycles. The number of carbonyl (C=O) groups excluding carboxylic acids is 2. The van der Waals surface area contributed by atoms with Crippen molar-refractivity contribution in [1.29, 1.82) is 0 Å². The molecule has 6 heteroatoms. The second-order valence-corrected chi connectivity index (χ2v) is 4.06. The summed E-state index contributed by atoms with van der Waals surface area (Å²) >= 11 is 0. The standard InChI is InChI=1S/C10H14N4O2/c1-10(2,9(11)16)5-8(15)14-7-6-12-3-4-13-7/h3-4,6H,5H2,1-2H3,(H2,11,16)(H,13,14,15). The van der Waals surface area contributed by atoms with E-state index in [1.165, 1.54) is 18.6 Å². The number of nitrogens with zero attached hydrogens (tertiary/aromatic N) is 2. The first-order valence-electron chi connectivity index (χ1n) is 4.77. The summed E-state index contributed by atoms with van der Waals surface area (Å²) in [6, 6.07) is 0. The number of hydrogen-bond acceptors (Lipinski definition) is 4. The highest BCUT2D eigenvalue weighted by Gasteiger charge is 2.28. The lowest BCUT2D eigenvalue weighted by molar-refractivity contribution is -0.130. The van der Waals surface area contributed by atoms with Crippen LogP contribution in [0.1, 0.15) is 20.3 Å². The van der Waals surface area contributed by atoms with Gasteiger partial charge in [0, 0.05) is 18.8 Å². The molecule has 0 radical (unpaired) electrons. The van der Waals surface area contributed by atoms with Crippen LogP contribution in [0.5, 0.6) is 0 Å². The Morgan fingerprint density at radius 2 is 2.12 bits per heavy atom. The van der Waals surface area contributed by atoms with Crippen molar-refractivity contribution in [2.75, 3.05) is 5.32 Å². The largest absolute Gasteiger partial charge is 0.369 e. The summed E-state index contributed by atoms with van der Waals surface area (Å²) in [5.41, 5.74) is 4.30. The first-order chi connectivity index (χ1) is 7.42.